The third-order valence-electron chi connectivity index (χ3n) is 3.02. The molecule has 0 bridgehead atoms. The maximum absolute atomic E-state index is 12.1. The number of hydrogen-bond acceptors (Lipinski definition) is 5. The van der Waals surface area contributed by atoms with E-state index in [1.54, 1.807) is 54.7 Å². The lowest BCUT2D eigenvalue weighted by atomic mass is 10.1. The third-order valence-corrected chi connectivity index (χ3v) is 3.83. The second-order valence-corrected chi connectivity index (χ2v) is 5.66. The van der Waals surface area contributed by atoms with Crippen LogP contribution in [0.4, 0.5) is 10.6 Å². The fourth-order valence-electron chi connectivity index (χ4n) is 1.93. The van der Waals surface area contributed by atoms with Crippen molar-refractivity contribution in [3.63, 3.8) is 0 Å². The third kappa shape index (κ3) is 3.64. The Kier molecular flexibility index (Phi) is 4.20. The highest BCUT2D eigenvalue weighted by molar-refractivity contribution is 8.18. The number of carbonyl (C=O) groups is 3. The number of amides is 3. The van der Waals surface area contributed by atoms with Crippen LogP contribution >= 0.6 is 11.8 Å². The van der Waals surface area contributed by atoms with Crippen LogP contribution in [0.5, 0.6) is 0 Å². The number of pyridine rings is 1. The van der Waals surface area contributed by atoms with Crippen LogP contribution in [-0.2, 0) is 4.79 Å². The molecule has 3 rings (SSSR count). The molecule has 2 heterocycles. The Morgan fingerprint density at radius 3 is 2.52 bits per heavy atom. The van der Waals surface area contributed by atoms with Gasteiger partial charge in [-0.15, -0.1) is 0 Å². The molecule has 114 valence electrons. The normalized spacial score (nSPS) is 15.6. The molecule has 1 saturated heterocycles. The summed E-state index contributed by atoms with van der Waals surface area (Å²) in [6.07, 6.45) is 3.20. The average molecular weight is 325 g/mol. The average Bonchev–Trinajstić information content (AvgIpc) is 2.86. The number of carbonyl (C=O) groups excluding carboxylic acids is 3. The van der Waals surface area contributed by atoms with Gasteiger partial charge in [0, 0.05) is 11.8 Å². The molecule has 0 spiro atoms. The Bertz CT molecular complexity index is 801. The van der Waals surface area contributed by atoms with Gasteiger partial charge in [0.15, 0.2) is 0 Å². The topological polar surface area (TPSA) is 88.2 Å². The van der Waals surface area contributed by atoms with Gasteiger partial charge in [0.2, 0.25) is 0 Å². The van der Waals surface area contributed by atoms with Gasteiger partial charge in [-0.05, 0) is 47.7 Å². The van der Waals surface area contributed by atoms with Gasteiger partial charge in [-0.2, -0.15) is 0 Å². The Morgan fingerprint density at radius 1 is 1.13 bits per heavy atom. The van der Waals surface area contributed by atoms with Crippen LogP contribution in [0.15, 0.2) is 53.6 Å². The lowest BCUT2D eigenvalue weighted by Gasteiger charge is -2.04. The van der Waals surface area contributed by atoms with E-state index in [-0.39, 0.29) is 11.1 Å². The summed E-state index contributed by atoms with van der Waals surface area (Å²) in [6, 6.07) is 11.9. The van der Waals surface area contributed by atoms with Crippen LogP contribution in [0.3, 0.4) is 0 Å². The Labute approximate surface area is 136 Å². The summed E-state index contributed by atoms with van der Waals surface area (Å²) in [4.78, 5) is 39.0. The summed E-state index contributed by atoms with van der Waals surface area (Å²) in [5.74, 6) is -0.204. The van der Waals surface area contributed by atoms with Crippen molar-refractivity contribution in [2.45, 2.75) is 0 Å². The van der Waals surface area contributed by atoms with Gasteiger partial charge < -0.3 is 5.32 Å². The fraction of sp³-hybridized carbons (Fsp3) is 0. The van der Waals surface area contributed by atoms with Crippen molar-refractivity contribution in [1.82, 2.24) is 10.3 Å². The summed E-state index contributed by atoms with van der Waals surface area (Å²) < 4.78 is 0. The van der Waals surface area contributed by atoms with Crippen LogP contribution in [0, 0.1) is 0 Å². The maximum atomic E-state index is 12.1. The molecule has 0 radical (unpaired) electrons. The molecule has 1 fully saturated rings. The van der Waals surface area contributed by atoms with Crippen LogP contribution in [0.25, 0.3) is 6.08 Å². The van der Waals surface area contributed by atoms with Gasteiger partial charge in [0.25, 0.3) is 17.1 Å². The van der Waals surface area contributed by atoms with E-state index in [9.17, 15) is 14.4 Å². The number of anilines is 1. The second kappa shape index (κ2) is 6.45. The minimum Gasteiger partial charge on any atom is -0.307 e. The van der Waals surface area contributed by atoms with Crippen molar-refractivity contribution in [3.05, 3.63) is 64.7 Å². The van der Waals surface area contributed by atoms with Crippen LogP contribution < -0.4 is 10.6 Å². The van der Waals surface area contributed by atoms with E-state index in [1.165, 1.54) is 0 Å². The number of imide groups is 1. The standard InChI is InChI=1S/C16H11N3O3S/c20-14(18-13-3-1-2-8-17-13)11-6-4-10(5-7-11)9-12-15(21)19-16(22)23-12/h1-9H,(H,17,18,20)(H,19,21,22)/b12-9-. The van der Waals surface area contributed by atoms with Gasteiger partial charge in [0.1, 0.15) is 5.82 Å². The van der Waals surface area contributed by atoms with Gasteiger partial charge >= 0.3 is 0 Å². The van der Waals surface area contributed by atoms with E-state index >= 15 is 0 Å². The molecule has 0 unspecified atom stereocenters. The molecule has 0 aliphatic carbocycles. The van der Waals surface area contributed by atoms with Crippen LogP contribution in [0.2, 0.25) is 0 Å². The highest BCUT2D eigenvalue weighted by Crippen LogP contribution is 2.25. The number of nitrogens with zero attached hydrogens (tertiary/aromatic N) is 1. The number of thioether (sulfide) groups is 1. The summed E-state index contributed by atoms with van der Waals surface area (Å²) in [5.41, 5.74) is 1.20. The van der Waals surface area contributed by atoms with E-state index in [0.29, 0.717) is 16.3 Å². The second-order valence-electron chi connectivity index (χ2n) is 4.64. The SMILES string of the molecule is O=C1NC(=O)/C(=C/c2ccc(C(=O)Nc3ccccn3)cc2)S1. The molecule has 1 aliphatic rings. The van der Waals surface area contributed by atoms with Crippen LogP contribution in [0.1, 0.15) is 15.9 Å². The van der Waals surface area contributed by atoms with Crippen molar-refractivity contribution in [2.24, 2.45) is 0 Å². The highest BCUT2D eigenvalue weighted by atomic mass is 32.2. The molecule has 1 aliphatic heterocycles. The predicted molar refractivity (Wildman–Crippen MR) is 87.7 cm³/mol. The number of rotatable bonds is 3. The van der Waals surface area contributed by atoms with Gasteiger partial charge in [0.05, 0.1) is 4.91 Å². The Morgan fingerprint density at radius 2 is 1.91 bits per heavy atom. The minimum atomic E-state index is -0.406. The molecule has 1 aromatic carbocycles. The molecule has 6 nitrogen and oxygen atoms in total. The summed E-state index contributed by atoms with van der Waals surface area (Å²) in [5, 5.41) is 4.49. The van der Waals surface area contributed by atoms with Crippen molar-refractivity contribution >= 4 is 40.7 Å². The largest absolute Gasteiger partial charge is 0.307 e. The quantitative estimate of drug-likeness (QED) is 0.847. The van der Waals surface area contributed by atoms with Gasteiger partial charge in [-0.3, -0.25) is 19.7 Å². The fourth-order valence-corrected chi connectivity index (χ4v) is 2.61. The van der Waals surface area contributed by atoms with E-state index in [0.717, 1.165) is 17.3 Å². The Hall–Kier alpha value is -2.93. The van der Waals surface area contributed by atoms with E-state index in [1.807, 2.05) is 0 Å². The molecule has 2 aromatic rings. The smallest absolute Gasteiger partial charge is 0.290 e. The first-order valence-electron chi connectivity index (χ1n) is 6.69. The van der Waals surface area contributed by atoms with Crippen molar-refractivity contribution in [2.75, 3.05) is 5.32 Å². The van der Waals surface area contributed by atoms with Gasteiger partial charge in [-0.1, -0.05) is 18.2 Å². The molecule has 1 aromatic heterocycles. The first-order chi connectivity index (χ1) is 11.1. The number of aromatic nitrogens is 1. The first kappa shape index (κ1) is 15.0. The van der Waals surface area contributed by atoms with E-state index < -0.39 is 5.91 Å². The van der Waals surface area contributed by atoms with Crippen molar-refractivity contribution in [3.8, 4) is 0 Å². The maximum Gasteiger partial charge on any atom is 0.290 e. The molecule has 3 amide bonds. The summed E-state index contributed by atoms with van der Waals surface area (Å²) in [7, 11) is 0. The zero-order chi connectivity index (χ0) is 16.2. The number of benzene rings is 1. The highest BCUT2D eigenvalue weighted by Gasteiger charge is 2.24. The summed E-state index contributed by atoms with van der Waals surface area (Å²) >= 11 is 0.855. The number of hydrogen-bond donors (Lipinski definition) is 2. The van der Waals surface area contributed by atoms with Gasteiger partial charge in [-0.25, -0.2) is 4.98 Å². The molecule has 23 heavy (non-hydrogen) atoms. The summed E-state index contributed by atoms with van der Waals surface area (Å²) in [6.45, 7) is 0. The molecular formula is C16H11N3O3S. The number of nitrogens with one attached hydrogen (secondary N) is 2. The zero-order valence-corrected chi connectivity index (χ0v) is 12.6. The lowest BCUT2D eigenvalue weighted by molar-refractivity contribution is -0.115. The monoisotopic (exact) mass is 325 g/mol. The molecule has 7 heteroatoms. The Balaban J connectivity index is 1.72. The lowest BCUT2D eigenvalue weighted by Crippen LogP contribution is -2.17. The zero-order valence-electron chi connectivity index (χ0n) is 11.8. The van der Waals surface area contributed by atoms with E-state index in [4.69, 9.17) is 0 Å². The minimum absolute atomic E-state index is 0.272. The van der Waals surface area contributed by atoms with Crippen LogP contribution in [-0.4, -0.2) is 22.0 Å². The van der Waals surface area contributed by atoms with Crippen molar-refractivity contribution < 1.29 is 14.4 Å². The molecule has 0 atom stereocenters. The molecule has 2 N–H and O–H groups in total. The predicted octanol–water partition coefficient (Wildman–Crippen LogP) is 2.66. The van der Waals surface area contributed by atoms with E-state index in [2.05, 4.69) is 15.6 Å². The molecule has 0 saturated carbocycles. The first-order valence-corrected chi connectivity index (χ1v) is 7.51. The van der Waals surface area contributed by atoms with Crippen molar-refractivity contribution in [1.29, 1.82) is 0 Å². The molecular weight excluding hydrogens is 314 g/mol.